The van der Waals surface area contributed by atoms with Gasteiger partial charge in [-0.3, -0.25) is 0 Å². The maximum absolute atomic E-state index is 9.64. The van der Waals surface area contributed by atoms with Gasteiger partial charge in [0, 0.05) is 0 Å². The number of rotatable bonds is 1. The summed E-state index contributed by atoms with van der Waals surface area (Å²) >= 11 is 0. The Hall–Kier alpha value is -0.450. The monoisotopic (exact) mass is 180 g/mol. The molecule has 0 saturated heterocycles. The number of hydrogen-bond acceptors (Lipinski definition) is 1. The molecule has 0 radical (unpaired) electrons. The van der Waals surface area contributed by atoms with Crippen LogP contribution in [0.5, 0.6) is 0 Å². The average molecular weight is 181 g/mol. The van der Waals surface area contributed by atoms with Crippen molar-refractivity contribution in [2.45, 2.75) is 13.3 Å². The van der Waals surface area contributed by atoms with Crippen LogP contribution in [-0.4, -0.2) is 6.29 Å². The molecule has 0 unspecified atom stereocenters. The van der Waals surface area contributed by atoms with Crippen LogP contribution in [0.15, 0.2) is 12.2 Å². The first kappa shape index (κ1) is 16.3. The zero-order valence-corrected chi connectivity index (χ0v) is 7.30. The first-order valence-electron chi connectivity index (χ1n) is 2.45. The largest absolute Gasteiger partial charge is 0.302 e. The van der Waals surface area contributed by atoms with Crippen molar-refractivity contribution in [1.82, 2.24) is 0 Å². The Bertz CT molecular complexity index is 141. The minimum atomic E-state index is 0. The predicted octanol–water partition coefficient (Wildman–Crippen LogP) is 2.00. The molecule has 0 aromatic rings. The lowest BCUT2D eigenvalue weighted by Crippen LogP contribution is -1.63. The fourth-order valence-corrected chi connectivity index (χ4v) is 0.243. The first-order valence-corrected chi connectivity index (χ1v) is 2.45. The molecule has 1 nitrogen and oxygen atoms in total. The van der Waals surface area contributed by atoms with Crippen molar-refractivity contribution in [2.24, 2.45) is 0 Å². The van der Waals surface area contributed by atoms with Crippen molar-refractivity contribution in [3.05, 3.63) is 12.2 Å². The molecule has 0 rings (SSSR count). The third-order valence-electron chi connectivity index (χ3n) is 0.537. The molecule has 0 aliphatic carbocycles. The van der Waals surface area contributed by atoms with E-state index in [1.165, 1.54) is 0 Å². The SMILES string of the molecule is C/C=C/C#CCC=O.Cl.Cl. The van der Waals surface area contributed by atoms with Gasteiger partial charge in [0.25, 0.3) is 0 Å². The summed E-state index contributed by atoms with van der Waals surface area (Å²) in [5.41, 5.74) is 0. The predicted molar refractivity (Wildman–Crippen MR) is 47.8 cm³/mol. The van der Waals surface area contributed by atoms with Crippen LogP contribution in [0, 0.1) is 11.8 Å². The van der Waals surface area contributed by atoms with Gasteiger partial charge in [-0.25, -0.2) is 0 Å². The molecular formula is C7H10Cl2O. The number of allylic oxidation sites excluding steroid dienone is 2. The van der Waals surface area contributed by atoms with Crippen LogP contribution in [0.2, 0.25) is 0 Å². The Morgan fingerprint density at radius 2 is 2.00 bits per heavy atom. The number of carbonyl (C=O) groups excluding carboxylic acids is 1. The van der Waals surface area contributed by atoms with Crippen LogP contribution >= 0.6 is 24.8 Å². The van der Waals surface area contributed by atoms with E-state index in [-0.39, 0.29) is 24.8 Å². The zero-order chi connectivity index (χ0) is 6.24. The van der Waals surface area contributed by atoms with Crippen LogP contribution in [-0.2, 0) is 4.79 Å². The van der Waals surface area contributed by atoms with E-state index in [9.17, 15) is 4.79 Å². The molecule has 0 aliphatic heterocycles. The fourth-order valence-electron chi connectivity index (χ4n) is 0.243. The Balaban J connectivity index is -0.000000245. The number of aldehydes is 1. The summed E-state index contributed by atoms with van der Waals surface area (Å²) in [6, 6.07) is 0. The van der Waals surface area contributed by atoms with Gasteiger partial charge in [-0.2, -0.15) is 0 Å². The second-order valence-electron chi connectivity index (χ2n) is 1.19. The van der Waals surface area contributed by atoms with Crippen LogP contribution in [0.25, 0.3) is 0 Å². The molecule has 58 valence electrons. The van der Waals surface area contributed by atoms with Crippen molar-refractivity contribution in [1.29, 1.82) is 0 Å². The van der Waals surface area contributed by atoms with E-state index in [1.54, 1.807) is 6.08 Å². The Morgan fingerprint density at radius 3 is 2.40 bits per heavy atom. The molecule has 0 N–H and O–H groups in total. The first-order chi connectivity index (χ1) is 3.91. The maximum atomic E-state index is 9.64. The minimum Gasteiger partial charge on any atom is -0.302 e. The second-order valence-corrected chi connectivity index (χ2v) is 1.19. The smallest absolute Gasteiger partial charge is 0.131 e. The van der Waals surface area contributed by atoms with Gasteiger partial charge in [0.1, 0.15) is 6.29 Å². The third-order valence-corrected chi connectivity index (χ3v) is 0.537. The molecule has 0 aromatic carbocycles. The van der Waals surface area contributed by atoms with E-state index in [2.05, 4.69) is 11.8 Å². The highest BCUT2D eigenvalue weighted by molar-refractivity contribution is 5.85. The number of halogens is 2. The summed E-state index contributed by atoms with van der Waals surface area (Å²) in [6.45, 7) is 1.88. The van der Waals surface area contributed by atoms with Crippen LogP contribution < -0.4 is 0 Å². The average Bonchev–Trinajstić information content (AvgIpc) is 1.81. The van der Waals surface area contributed by atoms with Crippen LogP contribution in [0.4, 0.5) is 0 Å². The molecule has 0 heterocycles. The van der Waals surface area contributed by atoms with Crippen molar-refractivity contribution in [3.8, 4) is 11.8 Å². The van der Waals surface area contributed by atoms with E-state index in [1.807, 2.05) is 13.0 Å². The Morgan fingerprint density at radius 1 is 1.40 bits per heavy atom. The lowest BCUT2D eigenvalue weighted by atomic mass is 10.4. The summed E-state index contributed by atoms with van der Waals surface area (Å²) < 4.78 is 0. The standard InChI is InChI=1S/C7H8O.2ClH/c1-2-3-4-5-6-7-8;;/h2-3,7H,6H2,1H3;2*1H/b3-2+;;. The number of hydrogen-bond donors (Lipinski definition) is 0. The Kier molecular flexibility index (Phi) is 25.7. The molecular weight excluding hydrogens is 171 g/mol. The van der Waals surface area contributed by atoms with E-state index in [0.29, 0.717) is 6.42 Å². The molecule has 0 spiro atoms. The summed E-state index contributed by atoms with van der Waals surface area (Å²) in [5, 5.41) is 0. The van der Waals surface area contributed by atoms with Crippen molar-refractivity contribution >= 4 is 31.1 Å². The van der Waals surface area contributed by atoms with E-state index < -0.39 is 0 Å². The van der Waals surface area contributed by atoms with Gasteiger partial charge in [-0.15, -0.1) is 24.8 Å². The van der Waals surface area contributed by atoms with Gasteiger partial charge in [0.05, 0.1) is 6.42 Å². The molecule has 0 aliphatic rings. The molecule has 10 heavy (non-hydrogen) atoms. The van der Waals surface area contributed by atoms with E-state index in [4.69, 9.17) is 0 Å². The summed E-state index contributed by atoms with van der Waals surface area (Å²) in [6.07, 6.45) is 4.67. The topological polar surface area (TPSA) is 17.1 Å². The van der Waals surface area contributed by atoms with Gasteiger partial charge in [-0.1, -0.05) is 17.9 Å². The molecule has 0 bridgehead atoms. The summed E-state index contributed by atoms with van der Waals surface area (Å²) in [5.74, 6) is 5.31. The van der Waals surface area contributed by atoms with Gasteiger partial charge >= 0.3 is 0 Å². The van der Waals surface area contributed by atoms with Gasteiger partial charge in [0.15, 0.2) is 0 Å². The highest BCUT2D eigenvalue weighted by Crippen LogP contribution is 1.67. The summed E-state index contributed by atoms with van der Waals surface area (Å²) in [7, 11) is 0. The Labute approximate surface area is 73.7 Å². The molecule has 0 atom stereocenters. The fraction of sp³-hybridized carbons (Fsp3) is 0.286. The van der Waals surface area contributed by atoms with E-state index in [0.717, 1.165) is 6.29 Å². The lowest BCUT2D eigenvalue weighted by Gasteiger charge is -1.63. The van der Waals surface area contributed by atoms with Gasteiger partial charge in [0.2, 0.25) is 0 Å². The van der Waals surface area contributed by atoms with Crippen molar-refractivity contribution in [3.63, 3.8) is 0 Å². The van der Waals surface area contributed by atoms with Crippen LogP contribution in [0.3, 0.4) is 0 Å². The molecule has 0 aromatic heterocycles. The minimum absolute atomic E-state index is 0. The quantitative estimate of drug-likeness (QED) is 0.446. The van der Waals surface area contributed by atoms with Crippen LogP contribution in [0.1, 0.15) is 13.3 Å². The molecule has 0 fully saturated rings. The normalized spacial score (nSPS) is 6.50. The number of carbonyl (C=O) groups is 1. The van der Waals surface area contributed by atoms with Crippen molar-refractivity contribution < 1.29 is 4.79 Å². The second kappa shape index (κ2) is 15.8. The lowest BCUT2D eigenvalue weighted by molar-refractivity contribution is -0.107. The van der Waals surface area contributed by atoms with Crippen molar-refractivity contribution in [2.75, 3.05) is 0 Å². The third kappa shape index (κ3) is 15.6. The highest BCUT2D eigenvalue weighted by atomic mass is 35.5. The molecule has 3 heteroatoms. The zero-order valence-electron chi connectivity index (χ0n) is 5.66. The maximum Gasteiger partial charge on any atom is 0.131 e. The van der Waals surface area contributed by atoms with Gasteiger partial charge < -0.3 is 4.79 Å². The summed E-state index contributed by atoms with van der Waals surface area (Å²) in [4.78, 5) is 9.64. The highest BCUT2D eigenvalue weighted by Gasteiger charge is 1.63. The van der Waals surface area contributed by atoms with Gasteiger partial charge in [-0.05, 0) is 13.0 Å². The molecule has 0 amide bonds. The molecule has 0 saturated carbocycles. The van der Waals surface area contributed by atoms with E-state index >= 15 is 0 Å².